The number of pyridine rings is 1. The lowest BCUT2D eigenvalue weighted by Gasteiger charge is -2.18. The molecule has 1 heterocycles. The first-order chi connectivity index (χ1) is 11.9. The van der Waals surface area contributed by atoms with Gasteiger partial charge in [0, 0.05) is 19.3 Å². The Morgan fingerprint density at radius 2 is 1.80 bits per heavy atom. The number of hydrogen-bond acceptors (Lipinski definition) is 5. The molecule has 25 heavy (non-hydrogen) atoms. The Morgan fingerprint density at radius 3 is 2.32 bits per heavy atom. The van der Waals surface area contributed by atoms with Crippen LogP contribution >= 0.6 is 0 Å². The van der Waals surface area contributed by atoms with Crippen molar-refractivity contribution in [2.45, 2.75) is 25.7 Å². The fraction of sp³-hybridized carbons (Fsp3) is 0.294. The molecule has 134 valence electrons. The van der Waals surface area contributed by atoms with Crippen LogP contribution in [0.15, 0.2) is 52.6 Å². The predicted octanol–water partition coefficient (Wildman–Crippen LogP) is 3.09. The van der Waals surface area contributed by atoms with Crippen molar-refractivity contribution in [2.75, 3.05) is 18.5 Å². The Bertz CT molecular complexity index is 830. The highest BCUT2D eigenvalue weighted by Gasteiger charge is 2.21. The van der Waals surface area contributed by atoms with Gasteiger partial charge in [-0.15, -0.1) is 0 Å². The van der Waals surface area contributed by atoms with E-state index >= 15 is 0 Å². The van der Waals surface area contributed by atoms with Gasteiger partial charge in [-0.2, -0.15) is 9.41 Å². The van der Waals surface area contributed by atoms with Crippen molar-refractivity contribution in [3.63, 3.8) is 0 Å². The summed E-state index contributed by atoms with van der Waals surface area (Å²) in [7, 11) is -3.52. The molecule has 0 radical (unpaired) electrons. The lowest BCUT2D eigenvalue weighted by atomic mass is 10.1. The van der Waals surface area contributed by atoms with Gasteiger partial charge in [0.2, 0.25) is 10.0 Å². The molecule has 0 atom stereocenters. The molecule has 0 amide bonds. The molecular weight excluding hydrogens is 343 g/mol. The third kappa shape index (κ3) is 4.61. The molecule has 0 fully saturated rings. The molecule has 2 rings (SSSR count). The van der Waals surface area contributed by atoms with E-state index in [9.17, 15) is 12.8 Å². The van der Waals surface area contributed by atoms with Crippen molar-refractivity contribution in [3.8, 4) is 0 Å². The van der Waals surface area contributed by atoms with E-state index in [2.05, 4.69) is 15.5 Å². The number of nitrogens with one attached hydrogen (secondary N) is 1. The molecule has 0 aliphatic carbocycles. The topological polar surface area (TPSA) is 74.7 Å². The minimum atomic E-state index is -3.52. The Kier molecular flexibility index (Phi) is 6.22. The molecule has 0 unspecified atom stereocenters. The minimum Gasteiger partial charge on any atom is -0.261 e. The summed E-state index contributed by atoms with van der Waals surface area (Å²) in [6, 6.07) is 9.02. The largest absolute Gasteiger partial charge is 0.261 e. The van der Waals surface area contributed by atoms with Gasteiger partial charge in [0.05, 0.1) is 5.71 Å². The zero-order chi connectivity index (χ0) is 18.4. The van der Waals surface area contributed by atoms with Crippen molar-refractivity contribution in [1.29, 1.82) is 0 Å². The molecule has 0 saturated carbocycles. The van der Waals surface area contributed by atoms with Crippen molar-refractivity contribution >= 4 is 21.6 Å². The first-order valence-electron chi connectivity index (χ1n) is 7.91. The summed E-state index contributed by atoms with van der Waals surface area (Å²) in [5.74, 6) is 0.108. The molecule has 2 aromatic rings. The number of halogens is 1. The molecule has 1 aromatic carbocycles. The van der Waals surface area contributed by atoms with Gasteiger partial charge in [-0.25, -0.2) is 17.8 Å². The molecule has 0 saturated heterocycles. The minimum absolute atomic E-state index is 0.140. The van der Waals surface area contributed by atoms with E-state index in [1.54, 1.807) is 39.0 Å². The maximum atomic E-state index is 12.9. The van der Waals surface area contributed by atoms with Gasteiger partial charge >= 0.3 is 0 Å². The quantitative estimate of drug-likeness (QED) is 0.605. The SMILES string of the molecule is CCN(CC)S(=O)(=O)c1ccc(NN=C(C)c2ccc(F)cc2)nc1. The van der Waals surface area contributed by atoms with Crippen molar-refractivity contribution in [3.05, 3.63) is 54.0 Å². The first kappa shape index (κ1) is 19.0. The summed E-state index contributed by atoms with van der Waals surface area (Å²) in [5.41, 5.74) is 4.20. The molecular formula is C17H21FN4O2S. The van der Waals surface area contributed by atoms with E-state index in [-0.39, 0.29) is 10.7 Å². The van der Waals surface area contributed by atoms with Crippen LogP contribution in [0.5, 0.6) is 0 Å². The van der Waals surface area contributed by atoms with Crippen LogP contribution in [0.1, 0.15) is 26.3 Å². The second-order valence-corrected chi connectivity index (χ2v) is 7.22. The lowest BCUT2D eigenvalue weighted by Crippen LogP contribution is -2.30. The highest BCUT2D eigenvalue weighted by molar-refractivity contribution is 7.89. The van der Waals surface area contributed by atoms with Gasteiger partial charge in [-0.3, -0.25) is 5.43 Å². The maximum absolute atomic E-state index is 12.9. The Balaban J connectivity index is 2.12. The van der Waals surface area contributed by atoms with Crippen LogP contribution in [0.25, 0.3) is 0 Å². The molecule has 8 heteroatoms. The third-order valence-corrected chi connectivity index (χ3v) is 5.71. The van der Waals surface area contributed by atoms with E-state index in [1.807, 2.05) is 0 Å². The van der Waals surface area contributed by atoms with Crippen LogP contribution < -0.4 is 5.43 Å². The third-order valence-electron chi connectivity index (χ3n) is 3.68. The number of rotatable bonds is 7. The van der Waals surface area contributed by atoms with Crippen molar-refractivity contribution in [1.82, 2.24) is 9.29 Å². The fourth-order valence-electron chi connectivity index (χ4n) is 2.21. The van der Waals surface area contributed by atoms with Gasteiger partial charge in [-0.05, 0) is 36.8 Å². The fourth-order valence-corrected chi connectivity index (χ4v) is 3.61. The molecule has 0 aliphatic heterocycles. The van der Waals surface area contributed by atoms with E-state index < -0.39 is 10.0 Å². The molecule has 0 bridgehead atoms. The average molecular weight is 364 g/mol. The van der Waals surface area contributed by atoms with Crippen LogP contribution in [0.2, 0.25) is 0 Å². The van der Waals surface area contributed by atoms with Gasteiger partial charge < -0.3 is 0 Å². The molecule has 1 N–H and O–H groups in total. The maximum Gasteiger partial charge on any atom is 0.244 e. The normalized spacial score (nSPS) is 12.4. The first-order valence-corrected chi connectivity index (χ1v) is 9.35. The van der Waals surface area contributed by atoms with Crippen LogP contribution in [0.3, 0.4) is 0 Å². The molecule has 6 nitrogen and oxygen atoms in total. The Morgan fingerprint density at radius 1 is 1.16 bits per heavy atom. The summed E-state index contributed by atoms with van der Waals surface area (Å²) >= 11 is 0. The predicted molar refractivity (Wildman–Crippen MR) is 96.6 cm³/mol. The smallest absolute Gasteiger partial charge is 0.244 e. The molecule has 1 aromatic heterocycles. The van der Waals surface area contributed by atoms with Crippen molar-refractivity contribution in [2.24, 2.45) is 5.10 Å². The Hall–Kier alpha value is -2.32. The summed E-state index contributed by atoms with van der Waals surface area (Å²) in [6.07, 6.45) is 1.30. The Labute approximate surface area is 147 Å². The van der Waals surface area contributed by atoms with Gasteiger partial charge in [0.1, 0.15) is 16.5 Å². The van der Waals surface area contributed by atoms with Crippen LogP contribution in [-0.4, -0.2) is 36.5 Å². The van der Waals surface area contributed by atoms with Gasteiger partial charge in [0.25, 0.3) is 0 Å². The summed E-state index contributed by atoms with van der Waals surface area (Å²) in [5, 5.41) is 4.18. The van der Waals surface area contributed by atoms with Gasteiger partial charge in [0.15, 0.2) is 0 Å². The van der Waals surface area contributed by atoms with Crippen molar-refractivity contribution < 1.29 is 12.8 Å². The number of aromatic nitrogens is 1. The standard InChI is InChI=1S/C17H21FN4O2S/c1-4-22(5-2)25(23,24)16-10-11-17(19-12-16)21-20-13(3)14-6-8-15(18)9-7-14/h6-12H,4-5H2,1-3H3,(H,19,21). The zero-order valence-electron chi connectivity index (χ0n) is 14.4. The second-order valence-electron chi connectivity index (χ2n) is 5.28. The number of nitrogens with zero attached hydrogens (tertiary/aromatic N) is 3. The van der Waals surface area contributed by atoms with Crippen LogP contribution in [0, 0.1) is 5.82 Å². The highest BCUT2D eigenvalue weighted by atomic mass is 32.2. The van der Waals surface area contributed by atoms with E-state index in [0.29, 0.717) is 24.6 Å². The monoisotopic (exact) mass is 364 g/mol. The number of benzene rings is 1. The zero-order valence-corrected chi connectivity index (χ0v) is 15.2. The number of hydrogen-bond donors (Lipinski definition) is 1. The molecule has 0 aliphatic rings. The van der Waals surface area contributed by atoms with E-state index in [4.69, 9.17) is 0 Å². The summed E-state index contributed by atoms with van der Waals surface area (Å²) < 4.78 is 39.1. The van der Waals surface area contributed by atoms with Crippen LogP contribution in [0.4, 0.5) is 10.2 Å². The van der Waals surface area contributed by atoms with Gasteiger partial charge in [-0.1, -0.05) is 26.0 Å². The highest BCUT2D eigenvalue weighted by Crippen LogP contribution is 2.16. The summed E-state index contributed by atoms with van der Waals surface area (Å²) in [4.78, 5) is 4.23. The lowest BCUT2D eigenvalue weighted by molar-refractivity contribution is 0.445. The number of hydrazone groups is 1. The average Bonchev–Trinajstić information content (AvgIpc) is 2.61. The van der Waals surface area contributed by atoms with Crippen LogP contribution in [-0.2, 0) is 10.0 Å². The second kappa shape index (κ2) is 8.17. The van der Waals surface area contributed by atoms with E-state index in [0.717, 1.165) is 5.56 Å². The molecule has 0 spiro atoms. The number of anilines is 1. The van der Waals surface area contributed by atoms with E-state index in [1.165, 1.54) is 28.7 Å². The summed E-state index contributed by atoms with van der Waals surface area (Å²) in [6.45, 7) is 6.16. The number of sulfonamides is 1.